The zero-order chi connectivity index (χ0) is 12.8. The van der Waals surface area contributed by atoms with Gasteiger partial charge in [0.25, 0.3) is 0 Å². The number of carboxylic acid groups (broad SMARTS) is 1. The zero-order valence-electron chi connectivity index (χ0n) is 11.3. The van der Waals surface area contributed by atoms with Crippen LogP contribution in [0.3, 0.4) is 0 Å². The number of hydrogen-bond acceptors (Lipinski definition) is 4. The molecule has 2 aromatic rings. The number of hydrogen-bond donors (Lipinski definition) is 2. The summed E-state index contributed by atoms with van der Waals surface area (Å²) in [6, 6.07) is 13.2. The summed E-state index contributed by atoms with van der Waals surface area (Å²) in [6.45, 7) is 0.654. The van der Waals surface area contributed by atoms with E-state index >= 15 is 0 Å². The molecule has 100 valence electrons. The summed E-state index contributed by atoms with van der Waals surface area (Å²) in [4.78, 5) is 15.0. The minimum Gasteiger partial charge on any atom is -0.870 e. The fourth-order valence-electron chi connectivity index (χ4n) is 1.69. The van der Waals surface area contributed by atoms with E-state index in [9.17, 15) is 4.79 Å². The quantitative estimate of drug-likeness (QED) is 0.695. The average Bonchev–Trinajstić information content (AvgIpc) is 2.40. The second-order valence-corrected chi connectivity index (χ2v) is 3.87. The predicted octanol–water partition coefficient (Wildman–Crippen LogP) is -0.738. The maximum Gasteiger partial charge on any atom is 1.00 e. The van der Waals surface area contributed by atoms with Crippen LogP contribution in [0.5, 0.6) is 0 Å². The molecular weight excluding hydrogens is 251 g/mol. The molecule has 1 aromatic heterocycles. The second kappa shape index (κ2) is 9.16. The van der Waals surface area contributed by atoms with Crippen molar-refractivity contribution in [2.24, 2.45) is 0 Å². The fourth-order valence-corrected chi connectivity index (χ4v) is 1.69. The fraction of sp³-hybridized carbons (Fsp3) is 0.143. The summed E-state index contributed by atoms with van der Waals surface area (Å²) in [6.07, 6.45) is 2.41. The summed E-state index contributed by atoms with van der Waals surface area (Å²) in [5.41, 5.74) is 1.41. The molecule has 0 spiro atoms. The minimum atomic E-state index is -0.967. The molecule has 6 heteroatoms. The number of pyridine rings is 1. The molecule has 0 aliphatic rings. The molecule has 0 atom stereocenters. The number of anilines is 1. The van der Waals surface area contributed by atoms with E-state index in [1.165, 1.54) is 5.56 Å². The molecule has 2 rings (SSSR count). The van der Waals surface area contributed by atoms with Gasteiger partial charge in [-0.25, -0.2) is 9.78 Å². The van der Waals surface area contributed by atoms with Crippen molar-refractivity contribution in [1.29, 1.82) is 0 Å². The number of nitrogens with one attached hydrogen (secondary N) is 1. The standard InChI is InChI=1S/C14H14N2O2.Li.H2O/c17-14(18)12-7-4-9-15-13(12)16-10-8-11-5-2-1-3-6-11;;/h1-7,9H,8,10H2,(H,15,16)(H,17,18);;1H2/q;+1;/p-1. The Morgan fingerprint density at radius 3 is 2.50 bits per heavy atom. The summed E-state index contributed by atoms with van der Waals surface area (Å²) in [5.74, 6) is -0.550. The first-order valence-electron chi connectivity index (χ1n) is 5.73. The Bertz CT molecular complexity index is 535. The van der Waals surface area contributed by atoms with Crippen molar-refractivity contribution >= 4 is 11.8 Å². The van der Waals surface area contributed by atoms with Crippen molar-refractivity contribution in [3.63, 3.8) is 0 Å². The third-order valence-corrected chi connectivity index (χ3v) is 2.59. The summed E-state index contributed by atoms with van der Waals surface area (Å²) < 4.78 is 0. The number of carboxylic acids is 1. The van der Waals surface area contributed by atoms with Gasteiger partial charge in [0.2, 0.25) is 0 Å². The average molecular weight is 266 g/mol. The first-order valence-corrected chi connectivity index (χ1v) is 5.73. The van der Waals surface area contributed by atoms with Gasteiger partial charge < -0.3 is 15.9 Å². The largest absolute Gasteiger partial charge is 1.00 e. The summed E-state index contributed by atoms with van der Waals surface area (Å²) in [7, 11) is 0. The Balaban J connectivity index is 0.00000180. The molecular formula is C14H15LiN2O3. The maximum absolute atomic E-state index is 11.0. The normalized spacial score (nSPS) is 9.00. The van der Waals surface area contributed by atoms with Gasteiger partial charge in [-0.15, -0.1) is 0 Å². The van der Waals surface area contributed by atoms with Crippen LogP contribution in [-0.2, 0) is 6.42 Å². The number of nitrogens with zero attached hydrogens (tertiary/aromatic N) is 1. The van der Waals surface area contributed by atoms with E-state index in [0.29, 0.717) is 12.4 Å². The van der Waals surface area contributed by atoms with Crippen molar-refractivity contribution < 1.29 is 34.2 Å². The molecule has 0 aliphatic carbocycles. The number of benzene rings is 1. The molecule has 0 fully saturated rings. The van der Waals surface area contributed by atoms with Crippen LogP contribution < -0.4 is 24.2 Å². The topological polar surface area (TPSA) is 92.2 Å². The second-order valence-electron chi connectivity index (χ2n) is 3.87. The molecule has 0 saturated heterocycles. The van der Waals surface area contributed by atoms with Gasteiger partial charge in [0, 0.05) is 12.7 Å². The van der Waals surface area contributed by atoms with Gasteiger partial charge in [-0.1, -0.05) is 30.3 Å². The zero-order valence-corrected chi connectivity index (χ0v) is 11.3. The molecule has 0 aliphatic heterocycles. The van der Waals surface area contributed by atoms with Crippen LogP contribution in [0.2, 0.25) is 0 Å². The Hall–Kier alpha value is -1.80. The SMILES string of the molecule is O=C(O)c1cccnc1NCCc1ccccc1.[Li+].[OH-]. The molecule has 0 saturated carbocycles. The van der Waals surface area contributed by atoms with E-state index in [4.69, 9.17) is 5.11 Å². The van der Waals surface area contributed by atoms with Gasteiger partial charge >= 0.3 is 24.8 Å². The summed E-state index contributed by atoms with van der Waals surface area (Å²) >= 11 is 0. The molecule has 5 nitrogen and oxygen atoms in total. The van der Waals surface area contributed by atoms with Crippen LogP contribution in [-0.4, -0.2) is 28.1 Å². The smallest absolute Gasteiger partial charge is 0.870 e. The van der Waals surface area contributed by atoms with E-state index in [0.717, 1.165) is 6.42 Å². The third kappa shape index (κ3) is 5.06. The third-order valence-electron chi connectivity index (χ3n) is 2.59. The van der Waals surface area contributed by atoms with Gasteiger partial charge in [0.05, 0.1) is 0 Å². The van der Waals surface area contributed by atoms with Gasteiger partial charge in [-0.2, -0.15) is 0 Å². The van der Waals surface area contributed by atoms with Gasteiger partial charge in [-0.3, -0.25) is 0 Å². The number of aromatic carboxylic acids is 1. The Labute approximate surface area is 129 Å². The van der Waals surface area contributed by atoms with Gasteiger partial charge in [-0.05, 0) is 24.1 Å². The van der Waals surface area contributed by atoms with Crippen LogP contribution in [0.25, 0.3) is 0 Å². The Kier molecular flexibility index (Phi) is 8.33. The molecule has 20 heavy (non-hydrogen) atoms. The molecule has 0 unspecified atom stereocenters. The van der Waals surface area contributed by atoms with Crippen molar-refractivity contribution in [3.05, 3.63) is 59.8 Å². The summed E-state index contributed by atoms with van der Waals surface area (Å²) in [5, 5.41) is 12.1. The van der Waals surface area contributed by atoms with Gasteiger partial charge in [0.1, 0.15) is 11.4 Å². The van der Waals surface area contributed by atoms with E-state index < -0.39 is 5.97 Å². The number of aromatic nitrogens is 1. The number of carbonyl (C=O) groups is 1. The predicted molar refractivity (Wildman–Crippen MR) is 71.8 cm³/mol. The van der Waals surface area contributed by atoms with E-state index in [-0.39, 0.29) is 29.9 Å². The van der Waals surface area contributed by atoms with Crippen LogP contribution in [0.15, 0.2) is 48.7 Å². The van der Waals surface area contributed by atoms with Crippen LogP contribution in [0, 0.1) is 0 Å². The molecule has 0 amide bonds. The van der Waals surface area contributed by atoms with Crippen LogP contribution in [0.1, 0.15) is 15.9 Å². The van der Waals surface area contributed by atoms with Crippen molar-refractivity contribution in [3.8, 4) is 0 Å². The van der Waals surface area contributed by atoms with Crippen LogP contribution in [0.4, 0.5) is 5.82 Å². The van der Waals surface area contributed by atoms with Crippen LogP contribution >= 0.6 is 0 Å². The van der Waals surface area contributed by atoms with Crippen molar-refractivity contribution in [1.82, 2.24) is 4.98 Å². The monoisotopic (exact) mass is 266 g/mol. The number of rotatable bonds is 5. The minimum absolute atomic E-state index is 0. The maximum atomic E-state index is 11.0. The van der Waals surface area contributed by atoms with E-state index in [1.54, 1.807) is 18.3 Å². The molecule has 1 aromatic carbocycles. The first kappa shape index (κ1) is 18.2. The molecule has 0 radical (unpaired) electrons. The van der Waals surface area contributed by atoms with E-state index in [2.05, 4.69) is 10.3 Å². The van der Waals surface area contributed by atoms with E-state index in [1.807, 2.05) is 30.3 Å². The molecule has 0 bridgehead atoms. The molecule has 1 heterocycles. The first-order chi connectivity index (χ1) is 8.77. The Morgan fingerprint density at radius 2 is 1.85 bits per heavy atom. The van der Waals surface area contributed by atoms with Crippen molar-refractivity contribution in [2.75, 3.05) is 11.9 Å². The van der Waals surface area contributed by atoms with Gasteiger partial charge in [0.15, 0.2) is 0 Å². The Morgan fingerprint density at radius 1 is 1.15 bits per heavy atom. The van der Waals surface area contributed by atoms with Crippen molar-refractivity contribution in [2.45, 2.75) is 6.42 Å². The molecule has 3 N–H and O–H groups in total.